The van der Waals surface area contributed by atoms with Crippen molar-refractivity contribution in [2.45, 2.75) is 56.9 Å². The maximum absolute atomic E-state index is 13.5. The first-order chi connectivity index (χ1) is 15.7. The molecule has 0 spiro atoms. The van der Waals surface area contributed by atoms with Crippen LogP contribution in [-0.4, -0.2) is 44.9 Å². The molecule has 2 aromatic heterocycles. The summed E-state index contributed by atoms with van der Waals surface area (Å²) in [4.78, 5) is 33.2. The molecule has 1 aliphatic heterocycles. The van der Waals surface area contributed by atoms with E-state index in [4.69, 9.17) is 0 Å². The van der Waals surface area contributed by atoms with Gasteiger partial charge < -0.3 is 15.2 Å². The van der Waals surface area contributed by atoms with E-state index in [0.717, 1.165) is 40.6 Å². The van der Waals surface area contributed by atoms with Crippen LogP contribution in [0.3, 0.4) is 0 Å². The smallest absolute Gasteiger partial charge is 0.356 e. The minimum absolute atomic E-state index is 0.145. The summed E-state index contributed by atoms with van der Waals surface area (Å²) in [5, 5.41) is 3.82. The number of pyridine rings is 1. The largest absolute Gasteiger partial charge is 0.471 e. The Morgan fingerprint density at radius 2 is 1.91 bits per heavy atom. The number of aromatic amines is 1. The highest BCUT2D eigenvalue weighted by molar-refractivity contribution is 5.92. The van der Waals surface area contributed by atoms with Gasteiger partial charge in [0.25, 0.3) is 5.91 Å². The van der Waals surface area contributed by atoms with Gasteiger partial charge in [0.15, 0.2) is 0 Å². The molecule has 0 radical (unpaired) electrons. The van der Waals surface area contributed by atoms with Crippen molar-refractivity contribution in [3.05, 3.63) is 65.1 Å². The molecule has 1 saturated carbocycles. The van der Waals surface area contributed by atoms with Crippen LogP contribution < -0.4 is 5.32 Å². The second-order valence-electron chi connectivity index (χ2n) is 8.81. The Morgan fingerprint density at radius 3 is 2.55 bits per heavy atom. The monoisotopic (exact) mass is 456 g/mol. The number of amides is 2. The molecule has 1 aromatic carbocycles. The summed E-state index contributed by atoms with van der Waals surface area (Å²) in [7, 11) is 0. The summed E-state index contributed by atoms with van der Waals surface area (Å²) >= 11 is 0. The van der Waals surface area contributed by atoms with Gasteiger partial charge in [0, 0.05) is 34.9 Å². The van der Waals surface area contributed by atoms with E-state index in [-0.39, 0.29) is 17.6 Å². The van der Waals surface area contributed by atoms with Gasteiger partial charge in [-0.15, -0.1) is 0 Å². The number of halogens is 3. The van der Waals surface area contributed by atoms with Crippen LogP contribution in [0.4, 0.5) is 13.2 Å². The van der Waals surface area contributed by atoms with Crippen LogP contribution in [0.25, 0.3) is 10.9 Å². The molecule has 5 rings (SSSR count). The number of H-pyrrole nitrogens is 1. The van der Waals surface area contributed by atoms with Gasteiger partial charge >= 0.3 is 12.1 Å². The van der Waals surface area contributed by atoms with Crippen LogP contribution in [0.1, 0.15) is 59.5 Å². The Balaban J connectivity index is 1.57. The second-order valence-corrected chi connectivity index (χ2v) is 8.81. The highest BCUT2D eigenvalue weighted by Gasteiger charge is 2.49. The molecular weight excluding hydrogens is 433 g/mol. The number of hydrogen-bond donors (Lipinski definition) is 2. The van der Waals surface area contributed by atoms with Crippen LogP contribution in [0.15, 0.2) is 42.6 Å². The van der Waals surface area contributed by atoms with E-state index in [0.29, 0.717) is 17.7 Å². The van der Waals surface area contributed by atoms with Crippen molar-refractivity contribution in [1.29, 1.82) is 0 Å². The second kappa shape index (κ2) is 7.90. The van der Waals surface area contributed by atoms with Crippen LogP contribution in [0, 0.1) is 0 Å². The Morgan fingerprint density at radius 1 is 1.15 bits per heavy atom. The quantitative estimate of drug-likeness (QED) is 0.618. The predicted octanol–water partition coefficient (Wildman–Crippen LogP) is 4.27. The van der Waals surface area contributed by atoms with Gasteiger partial charge in [-0.1, -0.05) is 24.3 Å². The number of nitrogens with zero attached hydrogens (tertiary/aromatic N) is 2. The Hall–Kier alpha value is -3.36. The summed E-state index contributed by atoms with van der Waals surface area (Å²) in [5.41, 5.74) is 2.83. The number of para-hydroxylation sites is 1. The highest BCUT2D eigenvalue weighted by Crippen LogP contribution is 2.42. The number of carbonyl (C=O) groups is 2. The van der Waals surface area contributed by atoms with Crippen molar-refractivity contribution in [2.75, 3.05) is 0 Å². The molecule has 3 heterocycles. The van der Waals surface area contributed by atoms with E-state index in [1.807, 2.05) is 24.3 Å². The number of aromatic nitrogens is 2. The molecule has 0 unspecified atom stereocenters. The third-order valence-electron chi connectivity index (χ3n) is 6.62. The van der Waals surface area contributed by atoms with E-state index in [1.54, 1.807) is 13.0 Å². The first-order valence-electron chi connectivity index (χ1n) is 11.0. The first kappa shape index (κ1) is 21.5. The molecular formula is C24H23F3N4O2. The third kappa shape index (κ3) is 3.75. The Bertz CT molecular complexity index is 1210. The lowest BCUT2D eigenvalue weighted by Gasteiger charge is -2.41. The molecule has 3 aromatic rings. The maximum atomic E-state index is 13.5. The minimum Gasteiger partial charge on any atom is -0.356 e. The Labute approximate surface area is 188 Å². The van der Waals surface area contributed by atoms with Crippen molar-refractivity contribution < 1.29 is 22.8 Å². The zero-order valence-electron chi connectivity index (χ0n) is 17.9. The fourth-order valence-electron chi connectivity index (χ4n) is 4.77. The number of rotatable bonds is 3. The van der Waals surface area contributed by atoms with Gasteiger partial charge in [-0.3, -0.25) is 14.6 Å². The first-order valence-corrected chi connectivity index (χ1v) is 11.0. The topological polar surface area (TPSA) is 78.1 Å². The number of carbonyl (C=O) groups excluding carboxylic acids is 2. The van der Waals surface area contributed by atoms with E-state index in [1.165, 1.54) is 12.3 Å². The summed E-state index contributed by atoms with van der Waals surface area (Å²) in [5.74, 6) is -2.20. The van der Waals surface area contributed by atoms with Gasteiger partial charge in [0.2, 0.25) is 0 Å². The zero-order valence-corrected chi connectivity index (χ0v) is 17.9. The molecule has 1 aliphatic carbocycles. The lowest BCUT2D eigenvalue weighted by molar-refractivity contribution is -0.190. The van der Waals surface area contributed by atoms with E-state index >= 15 is 0 Å². The van der Waals surface area contributed by atoms with Gasteiger partial charge in [-0.2, -0.15) is 13.2 Å². The van der Waals surface area contributed by atoms with Gasteiger partial charge in [-0.05, 0) is 55.9 Å². The average Bonchev–Trinajstić information content (AvgIpc) is 3.12. The van der Waals surface area contributed by atoms with Gasteiger partial charge in [0.05, 0.1) is 6.04 Å². The lowest BCUT2D eigenvalue weighted by atomic mass is 9.89. The molecule has 0 bridgehead atoms. The van der Waals surface area contributed by atoms with Crippen molar-refractivity contribution >= 4 is 22.7 Å². The van der Waals surface area contributed by atoms with E-state index in [2.05, 4.69) is 15.3 Å². The number of nitrogens with one attached hydrogen (secondary N) is 2. The SMILES string of the molecule is C[C@H]1Cc2c([nH]c3ccccc23)[C@H](c2ccc(C(=O)NC3CCC3)nc2)N1C(=O)C(F)(F)F. The average molecular weight is 456 g/mol. The zero-order chi connectivity index (χ0) is 23.3. The van der Waals surface area contributed by atoms with Crippen molar-refractivity contribution in [3.8, 4) is 0 Å². The standard InChI is InChI=1S/C24H23F3N4O2/c1-13-11-17-16-7-2-3-8-18(16)30-20(17)21(31(13)23(33)24(25,26)27)14-9-10-19(28-12-14)22(32)29-15-5-4-6-15/h2-3,7-10,12-13,15,21,30H,4-6,11H2,1H3,(H,29,32)/t13-,21-/m0/s1. The molecule has 33 heavy (non-hydrogen) atoms. The molecule has 9 heteroatoms. The third-order valence-corrected chi connectivity index (χ3v) is 6.62. The van der Waals surface area contributed by atoms with E-state index in [9.17, 15) is 22.8 Å². The number of benzene rings is 1. The number of alkyl halides is 3. The summed E-state index contributed by atoms with van der Waals surface area (Å²) < 4.78 is 40.6. The number of fused-ring (bicyclic) bond motifs is 3. The molecule has 172 valence electrons. The molecule has 2 aliphatic rings. The molecule has 2 amide bonds. The van der Waals surface area contributed by atoms with Crippen LogP contribution >= 0.6 is 0 Å². The lowest BCUT2D eigenvalue weighted by Crippen LogP contribution is -2.51. The molecule has 2 N–H and O–H groups in total. The summed E-state index contributed by atoms with van der Waals surface area (Å²) in [6, 6.07) is 9.04. The fraction of sp³-hybridized carbons (Fsp3) is 0.375. The summed E-state index contributed by atoms with van der Waals surface area (Å²) in [6.07, 6.45) is -0.376. The maximum Gasteiger partial charge on any atom is 0.471 e. The molecule has 2 atom stereocenters. The van der Waals surface area contributed by atoms with Crippen LogP contribution in [0.5, 0.6) is 0 Å². The minimum atomic E-state index is -5.01. The molecule has 6 nitrogen and oxygen atoms in total. The van der Waals surface area contributed by atoms with Gasteiger partial charge in [0.1, 0.15) is 5.69 Å². The van der Waals surface area contributed by atoms with Crippen molar-refractivity contribution in [3.63, 3.8) is 0 Å². The summed E-state index contributed by atoms with van der Waals surface area (Å²) in [6.45, 7) is 1.62. The van der Waals surface area contributed by atoms with Gasteiger partial charge in [-0.25, -0.2) is 0 Å². The molecule has 1 fully saturated rings. The predicted molar refractivity (Wildman–Crippen MR) is 116 cm³/mol. The van der Waals surface area contributed by atoms with Crippen molar-refractivity contribution in [2.24, 2.45) is 0 Å². The molecule has 0 saturated heterocycles. The Kier molecular flexibility index (Phi) is 5.14. The van der Waals surface area contributed by atoms with Crippen molar-refractivity contribution in [1.82, 2.24) is 20.2 Å². The normalized spacial score (nSPS) is 20.9. The van der Waals surface area contributed by atoms with Crippen LogP contribution in [0.2, 0.25) is 0 Å². The van der Waals surface area contributed by atoms with Crippen LogP contribution in [-0.2, 0) is 11.2 Å². The van der Waals surface area contributed by atoms with E-state index < -0.39 is 24.2 Å². The highest BCUT2D eigenvalue weighted by atomic mass is 19.4. The fourth-order valence-corrected chi connectivity index (χ4v) is 4.77. The number of hydrogen-bond acceptors (Lipinski definition) is 3.